The number of hydrogen-bond acceptors (Lipinski definition) is 2. The van der Waals surface area contributed by atoms with Crippen LogP contribution in [0.5, 0.6) is 5.75 Å². The molecule has 0 spiro atoms. The van der Waals surface area contributed by atoms with Gasteiger partial charge in [0.15, 0.2) is 0 Å². The molecule has 0 heterocycles. The molecule has 1 N–H and O–H groups in total. The summed E-state index contributed by atoms with van der Waals surface area (Å²) in [7, 11) is 0. The van der Waals surface area contributed by atoms with Crippen LogP contribution in [0.3, 0.4) is 0 Å². The topological polar surface area (TPSA) is 29.5 Å². The maximum absolute atomic E-state index is 10.5. The first kappa shape index (κ1) is 16.1. The zero-order chi connectivity index (χ0) is 15.4. The summed E-state index contributed by atoms with van der Waals surface area (Å²) in [5, 5.41) is 10.5. The van der Waals surface area contributed by atoms with Gasteiger partial charge in [-0.15, -0.1) is 0 Å². The van der Waals surface area contributed by atoms with Gasteiger partial charge in [-0.2, -0.15) is 0 Å². The molecule has 0 saturated carbocycles. The molecule has 112 valence electrons. The Hall–Kier alpha value is -1.32. The number of aliphatic hydroxyl groups excluding tert-OH is 1. The molecule has 0 aliphatic heterocycles. The average Bonchev–Trinajstić information content (AvgIpc) is 2.49. The summed E-state index contributed by atoms with van der Waals surface area (Å²) < 4.78 is 6.35. The standard InChI is InChI=1S/C18H21BrO2/c1-4-21-17-10-9-15(11-16(17)19)18(20)14-7-5-13(6-8-14)12(2)3/h5-12,18,20H,4H2,1-3H3. The fourth-order valence-corrected chi connectivity index (χ4v) is 2.73. The summed E-state index contributed by atoms with van der Waals surface area (Å²) in [6.45, 7) is 6.90. The van der Waals surface area contributed by atoms with Gasteiger partial charge in [0, 0.05) is 0 Å². The van der Waals surface area contributed by atoms with Gasteiger partial charge in [-0.3, -0.25) is 0 Å². The molecule has 1 atom stereocenters. The number of aliphatic hydroxyl groups is 1. The molecular weight excluding hydrogens is 328 g/mol. The fraction of sp³-hybridized carbons (Fsp3) is 0.333. The molecule has 2 nitrogen and oxygen atoms in total. The summed E-state index contributed by atoms with van der Waals surface area (Å²) in [6.07, 6.45) is -0.627. The number of ether oxygens (including phenoxy) is 1. The minimum atomic E-state index is -0.627. The molecule has 0 bridgehead atoms. The zero-order valence-corrected chi connectivity index (χ0v) is 14.2. The predicted molar refractivity (Wildman–Crippen MR) is 89.9 cm³/mol. The van der Waals surface area contributed by atoms with E-state index >= 15 is 0 Å². The molecule has 0 aromatic heterocycles. The quantitative estimate of drug-likeness (QED) is 0.818. The van der Waals surface area contributed by atoms with E-state index in [9.17, 15) is 5.11 Å². The summed E-state index contributed by atoms with van der Waals surface area (Å²) in [5.74, 6) is 1.29. The van der Waals surface area contributed by atoms with E-state index in [-0.39, 0.29) is 0 Å². The Bertz CT molecular complexity index is 591. The highest BCUT2D eigenvalue weighted by Gasteiger charge is 2.13. The van der Waals surface area contributed by atoms with E-state index in [0.717, 1.165) is 21.3 Å². The van der Waals surface area contributed by atoms with Gasteiger partial charge >= 0.3 is 0 Å². The highest BCUT2D eigenvalue weighted by atomic mass is 79.9. The Morgan fingerprint density at radius 3 is 2.10 bits per heavy atom. The van der Waals surface area contributed by atoms with Crippen LogP contribution in [0.1, 0.15) is 49.5 Å². The van der Waals surface area contributed by atoms with Crippen LogP contribution in [0.4, 0.5) is 0 Å². The van der Waals surface area contributed by atoms with Crippen molar-refractivity contribution in [2.45, 2.75) is 32.8 Å². The summed E-state index contributed by atoms with van der Waals surface area (Å²) >= 11 is 3.48. The second-order valence-corrected chi connectivity index (χ2v) is 6.20. The third kappa shape index (κ3) is 3.86. The van der Waals surface area contributed by atoms with E-state index in [1.54, 1.807) is 0 Å². The molecular formula is C18H21BrO2. The predicted octanol–water partition coefficient (Wildman–Crippen LogP) is 5.05. The van der Waals surface area contributed by atoms with Gasteiger partial charge in [0.2, 0.25) is 0 Å². The monoisotopic (exact) mass is 348 g/mol. The lowest BCUT2D eigenvalue weighted by atomic mass is 9.97. The van der Waals surface area contributed by atoms with Gasteiger partial charge in [-0.1, -0.05) is 44.2 Å². The van der Waals surface area contributed by atoms with Crippen LogP contribution >= 0.6 is 15.9 Å². The van der Waals surface area contributed by atoms with E-state index in [1.165, 1.54) is 5.56 Å². The molecule has 2 rings (SSSR count). The van der Waals surface area contributed by atoms with Gasteiger partial charge < -0.3 is 9.84 Å². The van der Waals surface area contributed by atoms with Gasteiger partial charge in [0.25, 0.3) is 0 Å². The molecule has 0 saturated heterocycles. The average molecular weight is 349 g/mol. The number of rotatable bonds is 5. The van der Waals surface area contributed by atoms with Gasteiger partial charge in [0.05, 0.1) is 11.1 Å². The summed E-state index contributed by atoms with van der Waals surface area (Å²) in [6, 6.07) is 13.8. The molecule has 0 amide bonds. The van der Waals surface area contributed by atoms with Crippen LogP contribution in [0.15, 0.2) is 46.9 Å². The molecule has 0 fully saturated rings. The largest absolute Gasteiger partial charge is 0.493 e. The van der Waals surface area contributed by atoms with Crippen molar-refractivity contribution in [1.82, 2.24) is 0 Å². The van der Waals surface area contributed by atoms with Gasteiger partial charge in [-0.25, -0.2) is 0 Å². The van der Waals surface area contributed by atoms with Crippen LogP contribution in [-0.2, 0) is 0 Å². The number of benzene rings is 2. The first-order chi connectivity index (χ1) is 10.0. The molecule has 0 radical (unpaired) electrons. The van der Waals surface area contributed by atoms with Crippen molar-refractivity contribution in [3.8, 4) is 5.75 Å². The molecule has 0 aliphatic carbocycles. The van der Waals surface area contributed by atoms with Crippen molar-refractivity contribution in [3.63, 3.8) is 0 Å². The van der Waals surface area contributed by atoms with Gasteiger partial charge in [-0.05, 0) is 57.6 Å². The Morgan fingerprint density at radius 1 is 1.00 bits per heavy atom. The van der Waals surface area contributed by atoms with E-state index in [4.69, 9.17) is 4.74 Å². The Kier molecular flexibility index (Phi) is 5.43. The molecule has 0 aliphatic rings. The van der Waals surface area contributed by atoms with E-state index in [0.29, 0.717) is 12.5 Å². The number of hydrogen-bond donors (Lipinski definition) is 1. The maximum Gasteiger partial charge on any atom is 0.133 e. The normalized spacial score (nSPS) is 12.5. The molecule has 2 aromatic rings. The summed E-state index contributed by atoms with van der Waals surface area (Å²) in [4.78, 5) is 0. The van der Waals surface area contributed by atoms with E-state index < -0.39 is 6.10 Å². The van der Waals surface area contributed by atoms with Crippen molar-refractivity contribution >= 4 is 15.9 Å². The highest BCUT2D eigenvalue weighted by molar-refractivity contribution is 9.10. The van der Waals surface area contributed by atoms with Crippen molar-refractivity contribution in [2.75, 3.05) is 6.61 Å². The molecule has 21 heavy (non-hydrogen) atoms. The van der Waals surface area contributed by atoms with Crippen LogP contribution < -0.4 is 4.74 Å². The third-order valence-electron chi connectivity index (χ3n) is 3.49. The van der Waals surface area contributed by atoms with Crippen molar-refractivity contribution in [1.29, 1.82) is 0 Å². The van der Waals surface area contributed by atoms with E-state index in [2.05, 4.69) is 41.9 Å². The molecule has 3 heteroatoms. The molecule has 2 aromatic carbocycles. The second-order valence-electron chi connectivity index (χ2n) is 5.35. The molecule has 1 unspecified atom stereocenters. The smallest absolute Gasteiger partial charge is 0.133 e. The fourth-order valence-electron chi connectivity index (χ4n) is 2.22. The zero-order valence-electron chi connectivity index (χ0n) is 12.6. The second kappa shape index (κ2) is 7.10. The first-order valence-electron chi connectivity index (χ1n) is 7.23. The lowest BCUT2D eigenvalue weighted by Gasteiger charge is -2.15. The minimum Gasteiger partial charge on any atom is -0.493 e. The first-order valence-corrected chi connectivity index (χ1v) is 8.02. The summed E-state index contributed by atoms with van der Waals surface area (Å²) in [5.41, 5.74) is 3.02. The SMILES string of the molecule is CCOc1ccc(C(O)c2ccc(C(C)C)cc2)cc1Br. The Morgan fingerprint density at radius 2 is 1.57 bits per heavy atom. The van der Waals surface area contributed by atoms with Crippen LogP contribution in [-0.4, -0.2) is 11.7 Å². The maximum atomic E-state index is 10.5. The van der Waals surface area contributed by atoms with Crippen molar-refractivity contribution in [3.05, 3.63) is 63.6 Å². The Balaban J connectivity index is 2.23. The third-order valence-corrected chi connectivity index (χ3v) is 4.11. The lowest BCUT2D eigenvalue weighted by molar-refractivity contribution is 0.220. The van der Waals surface area contributed by atoms with Crippen LogP contribution in [0.25, 0.3) is 0 Å². The van der Waals surface area contributed by atoms with Crippen LogP contribution in [0.2, 0.25) is 0 Å². The van der Waals surface area contributed by atoms with Crippen molar-refractivity contribution < 1.29 is 9.84 Å². The Labute approximate surface area is 134 Å². The lowest BCUT2D eigenvalue weighted by Crippen LogP contribution is -2.01. The van der Waals surface area contributed by atoms with E-state index in [1.807, 2.05) is 37.3 Å². The minimum absolute atomic E-state index is 0.496. The van der Waals surface area contributed by atoms with Crippen LogP contribution in [0, 0.1) is 0 Å². The number of halogens is 1. The highest BCUT2D eigenvalue weighted by Crippen LogP contribution is 2.31. The van der Waals surface area contributed by atoms with Crippen molar-refractivity contribution in [2.24, 2.45) is 0 Å². The van der Waals surface area contributed by atoms with Gasteiger partial charge in [0.1, 0.15) is 11.9 Å².